The Balaban J connectivity index is 4.19. The maximum Gasteiger partial charge on any atom is 0.169 e. The summed E-state index contributed by atoms with van der Waals surface area (Å²) >= 11 is 5.42. The lowest BCUT2D eigenvalue weighted by molar-refractivity contribution is 0.261. The summed E-state index contributed by atoms with van der Waals surface area (Å²) in [6.07, 6.45) is 0. The lowest BCUT2D eigenvalue weighted by Gasteiger charge is -2.32. The van der Waals surface area contributed by atoms with E-state index in [1.54, 1.807) is 0 Å². The fourth-order valence-electron chi connectivity index (χ4n) is 1.68. The second kappa shape index (κ2) is 7.85. The molecule has 0 aliphatic heterocycles. The van der Waals surface area contributed by atoms with Crippen LogP contribution in [-0.4, -0.2) is 54.7 Å². The molecule has 3 nitrogen and oxygen atoms in total. The Hall–Kier alpha value is -0.350. The van der Waals surface area contributed by atoms with Gasteiger partial charge in [0, 0.05) is 25.7 Å². The van der Waals surface area contributed by atoms with E-state index in [9.17, 15) is 0 Å². The normalized spacial score (nSPS) is 13.0. The first-order chi connectivity index (χ1) is 7.38. The Labute approximate surface area is 106 Å². The van der Waals surface area contributed by atoms with E-state index in [4.69, 9.17) is 12.2 Å². The summed E-state index contributed by atoms with van der Waals surface area (Å²) in [4.78, 5) is 4.44. The van der Waals surface area contributed by atoms with Gasteiger partial charge in [0.25, 0.3) is 0 Å². The Morgan fingerprint density at radius 1 is 1.25 bits per heavy atom. The van der Waals surface area contributed by atoms with Crippen molar-refractivity contribution in [3.8, 4) is 0 Å². The quantitative estimate of drug-likeness (QED) is 0.719. The first kappa shape index (κ1) is 15.7. The second-order valence-corrected chi connectivity index (χ2v) is 5.36. The Morgan fingerprint density at radius 3 is 2.19 bits per heavy atom. The summed E-state index contributed by atoms with van der Waals surface area (Å²) in [6, 6.07) is 0.451. The van der Waals surface area contributed by atoms with Crippen LogP contribution in [0.2, 0.25) is 0 Å². The minimum atomic E-state index is 0.451. The van der Waals surface area contributed by atoms with Crippen molar-refractivity contribution in [2.45, 2.75) is 33.7 Å². The van der Waals surface area contributed by atoms with Crippen LogP contribution in [0.3, 0.4) is 0 Å². The van der Waals surface area contributed by atoms with Gasteiger partial charge in [-0.05, 0) is 46.1 Å². The molecule has 0 aliphatic rings. The molecule has 16 heavy (non-hydrogen) atoms. The van der Waals surface area contributed by atoms with E-state index in [0.29, 0.717) is 12.0 Å². The molecular formula is C12H27N3S. The zero-order valence-corrected chi connectivity index (χ0v) is 12.4. The van der Waals surface area contributed by atoms with Crippen LogP contribution in [0, 0.1) is 5.92 Å². The van der Waals surface area contributed by atoms with Gasteiger partial charge in [-0.15, -0.1) is 0 Å². The molecule has 96 valence electrons. The zero-order chi connectivity index (χ0) is 12.7. The minimum Gasteiger partial charge on any atom is -0.362 e. The SMILES string of the molecule is CCN(C(=S)NCC(C)C)C(C)CN(C)C. The van der Waals surface area contributed by atoms with Crippen molar-refractivity contribution in [1.29, 1.82) is 0 Å². The summed E-state index contributed by atoms with van der Waals surface area (Å²) in [5.41, 5.74) is 0. The molecule has 0 saturated heterocycles. The highest BCUT2D eigenvalue weighted by atomic mass is 32.1. The van der Waals surface area contributed by atoms with Crippen molar-refractivity contribution in [3.63, 3.8) is 0 Å². The van der Waals surface area contributed by atoms with E-state index >= 15 is 0 Å². The summed E-state index contributed by atoms with van der Waals surface area (Å²) in [5.74, 6) is 0.626. The molecule has 0 aliphatic carbocycles. The van der Waals surface area contributed by atoms with Gasteiger partial charge in [-0.1, -0.05) is 13.8 Å². The number of thiocarbonyl (C=S) groups is 1. The zero-order valence-electron chi connectivity index (χ0n) is 11.6. The molecule has 0 fully saturated rings. The second-order valence-electron chi connectivity index (χ2n) is 4.98. The third kappa shape index (κ3) is 6.28. The molecular weight excluding hydrogens is 218 g/mol. The predicted octanol–water partition coefficient (Wildman–Crippen LogP) is 1.79. The van der Waals surface area contributed by atoms with Crippen LogP contribution in [0.4, 0.5) is 0 Å². The topological polar surface area (TPSA) is 18.5 Å². The standard InChI is InChI=1S/C12H27N3S/c1-7-15(11(4)9-14(5)6)12(16)13-8-10(2)3/h10-11H,7-9H2,1-6H3,(H,13,16). The van der Waals surface area contributed by atoms with Crippen LogP contribution in [0.15, 0.2) is 0 Å². The highest BCUT2D eigenvalue weighted by Crippen LogP contribution is 2.01. The Morgan fingerprint density at radius 2 is 1.81 bits per heavy atom. The molecule has 0 aromatic heterocycles. The molecule has 1 N–H and O–H groups in total. The van der Waals surface area contributed by atoms with Gasteiger partial charge in [0.1, 0.15) is 0 Å². The molecule has 0 amide bonds. The maximum atomic E-state index is 5.42. The average Bonchev–Trinajstić information content (AvgIpc) is 2.14. The van der Waals surface area contributed by atoms with Crippen molar-refractivity contribution < 1.29 is 0 Å². The number of hydrogen-bond donors (Lipinski definition) is 1. The van der Waals surface area contributed by atoms with Gasteiger partial charge in [0.2, 0.25) is 0 Å². The average molecular weight is 245 g/mol. The van der Waals surface area contributed by atoms with Crippen molar-refractivity contribution in [3.05, 3.63) is 0 Å². The van der Waals surface area contributed by atoms with E-state index in [1.165, 1.54) is 0 Å². The van der Waals surface area contributed by atoms with Crippen LogP contribution < -0.4 is 5.32 Å². The van der Waals surface area contributed by atoms with Crippen molar-refractivity contribution in [2.24, 2.45) is 5.92 Å². The van der Waals surface area contributed by atoms with Gasteiger partial charge in [0.15, 0.2) is 5.11 Å². The largest absolute Gasteiger partial charge is 0.362 e. The van der Waals surface area contributed by atoms with Gasteiger partial charge >= 0.3 is 0 Å². The van der Waals surface area contributed by atoms with E-state index in [-0.39, 0.29) is 0 Å². The lowest BCUT2D eigenvalue weighted by atomic mass is 10.2. The number of nitrogens with zero attached hydrogens (tertiary/aromatic N) is 2. The summed E-state index contributed by atoms with van der Waals surface area (Å²) < 4.78 is 0. The van der Waals surface area contributed by atoms with Crippen molar-refractivity contribution in [2.75, 3.05) is 33.7 Å². The first-order valence-corrected chi connectivity index (χ1v) is 6.48. The molecule has 0 saturated carbocycles. The van der Waals surface area contributed by atoms with E-state index in [1.807, 2.05) is 0 Å². The first-order valence-electron chi connectivity index (χ1n) is 6.07. The van der Waals surface area contributed by atoms with Crippen LogP contribution in [0.25, 0.3) is 0 Å². The van der Waals surface area contributed by atoms with E-state index in [2.05, 4.69) is 56.9 Å². The molecule has 4 heteroatoms. The van der Waals surface area contributed by atoms with Crippen LogP contribution >= 0.6 is 12.2 Å². The molecule has 0 bridgehead atoms. The summed E-state index contributed by atoms with van der Waals surface area (Å²) in [6.45, 7) is 11.7. The third-order valence-corrected chi connectivity index (χ3v) is 2.80. The highest BCUT2D eigenvalue weighted by molar-refractivity contribution is 7.80. The van der Waals surface area contributed by atoms with Gasteiger partial charge < -0.3 is 15.1 Å². The molecule has 0 spiro atoms. The molecule has 0 radical (unpaired) electrons. The minimum absolute atomic E-state index is 0.451. The summed E-state index contributed by atoms with van der Waals surface area (Å²) in [7, 11) is 4.18. The molecule has 1 unspecified atom stereocenters. The third-order valence-electron chi connectivity index (χ3n) is 2.42. The smallest absolute Gasteiger partial charge is 0.169 e. The number of nitrogens with one attached hydrogen (secondary N) is 1. The predicted molar refractivity (Wildman–Crippen MR) is 75.8 cm³/mol. The molecule has 0 heterocycles. The van der Waals surface area contributed by atoms with Crippen molar-refractivity contribution >= 4 is 17.3 Å². The van der Waals surface area contributed by atoms with Gasteiger partial charge in [-0.3, -0.25) is 0 Å². The molecule has 0 aromatic rings. The maximum absolute atomic E-state index is 5.42. The Bertz CT molecular complexity index is 204. The number of rotatable bonds is 6. The van der Waals surface area contributed by atoms with Gasteiger partial charge in [0.05, 0.1) is 0 Å². The molecule has 1 atom stereocenters. The van der Waals surface area contributed by atoms with Crippen LogP contribution in [0.1, 0.15) is 27.7 Å². The van der Waals surface area contributed by atoms with Crippen LogP contribution in [0.5, 0.6) is 0 Å². The van der Waals surface area contributed by atoms with Crippen molar-refractivity contribution in [1.82, 2.24) is 15.1 Å². The number of hydrogen-bond acceptors (Lipinski definition) is 2. The fourth-order valence-corrected chi connectivity index (χ4v) is 2.07. The van der Waals surface area contributed by atoms with Gasteiger partial charge in [-0.2, -0.15) is 0 Å². The number of likely N-dealkylation sites (N-methyl/N-ethyl adjacent to an activating group) is 2. The Kier molecular flexibility index (Phi) is 7.68. The fraction of sp³-hybridized carbons (Fsp3) is 0.917. The molecule has 0 aromatic carbocycles. The van der Waals surface area contributed by atoms with Gasteiger partial charge in [-0.25, -0.2) is 0 Å². The van der Waals surface area contributed by atoms with Crippen LogP contribution in [-0.2, 0) is 0 Å². The monoisotopic (exact) mass is 245 g/mol. The molecule has 0 rings (SSSR count). The van der Waals surface area contributed by atoms with E-state index < -0.39 is 0 Å². The van der Waals surface area contributed by atoms with E-state index in [0.717, 1.165) is 24.7 Å². The highest BCUT2D eigenvalue weighted by Gasteiger charge is 2.15. The summed E-state index contributed by atoms with van der Waals surface area (Å²) in [5, 5.41) is 4.21. The lowest BCUT2D eigenvalue weighted by Crippen LogP contribution is -2.48.